The first kappa shape index (κ1) is 32.6. The Labute approximate surface area is 279 Å². The maximum absolute atomic E-state index is 14.7. The smallest absolute Gasteiger partial charge is 0.416 e. The number of rotatable bonds is 9. The number of carbonyl (C=O) groups is 1. The van der Waals surface area contributed by atoms with Gasteiger partial charge in [0.15, 0.2) is 0 Å². The topological polar surface area (TPSA) is 66.9 Å². The van der Waals surface area contributed by atoms with Gasteiger partial charge in [-0.3, -0.25) is 14.6 Å². The normalized spacial score (nSPS) is 18.9. The third-order valence-electron chi connectivity index (χ3n) is 10.00. The van der Waals surface area contributed by atoms with Crippen LogP contribution in [0.3, 0.4) is 0 Å². The monoisotopic (exact) mass is 658 g/mol. The molecule has 7 rings (SSSR count). The van der Waals surface area contributed by atoms with Gasteiger partial charge in [-0.2, -0.15) is 13.2 Å². The molecule has 1 N–H and O–H groups in total. The number of para-hydroxylation sites is 1. The Balaban J connectivity index is 1.34. The molecule has 252 valence electrons. The molecule has 3 aromatic carbocycles. The summed E-state index contributed by atoms with van der Waals surface area (Å²) in [6, 6.07) is 21.2. The van der Waals surface area contributed by atoms with E-state index in [-0.39, 0.29) is 5.91 Å². The second-order valence-electron chi connectivity index (χ2n) is 13.0. The van der Waals surface area contributed by atoms with Crippen molar-refractivity contribution in [3.05, 3.63) is 95.1 Å². The van der Waals surface area contributed by atoms with Gasteiger partial charge < -0.3 is 14.8 Å². The Morgan fingerprint density at radius 2 is 1.71 bits per heavy atom. The van der Waals surface area contributed by atoms with Gasteiger partial charge in [-0.05, 0) is 69.5 Å². The fraction of sp³-hybridized carbons (Fsp3) is 0.421. The van der Waals surface area contributed by atoms with Crippen molar-refractivity contribution >= 4 is 16.8 Å². The highest BCUT2D eigenvalue weighted by atomic mass is 19.4. The van der Waals surface area contributed by atoms with E-state index < -0.39 is 17.3 Å². The van der Waals surface area contributed by atoms with Crippen molar-refractivity contribution in [1.82, 2.24) is 20.1 Å². The molecule has 1 aliphatic carbocycles. The van der Waals surface area contributed by atoms with E-state index in [2.05, 4.69) is 15.1 Å². The van der Waals surface area contributed by atoms with Crippen LogP contribution in [0, 0.1) is 0 Å². The number of pyridine rings is 1. The van der Waals surface area contributed by atoms with Gasteiger partial charge in [-0.1, -0.05) is 54.6 Å². The summed E-state index contributed by atoms with van der Waals surface area (Å²) in [4.78, 5) is 24.5. The Morgan fingerprint density at radius 3 is 2.40 bits per heavy atom. The molecule has 0 atom stereocenters. The number of benzene rings is 3. The van der Waals surface area contributed by atoms with Gasteiger partial charge >= 0.3 is 6.18 Å². The number of ether oxygens (including phenoxy) is 2. The van der Waals surface area contributed by atoms with Crippen molar-refractivity contribution in [3.63, 3.8) is 0 Å². The number of carbonyl (C=O) groups excluding carboxylic acids is 1. The number of hydrogen-bond acceptors (Lipinski definition) is 6. The molecule has 0 unspecified atom stereocenters. The number of likely N-dealkylation sites (tertiary alicyclic amines) is 1. The van der Waals surface area contributed by atoms with E-state index in [0.717, 1.165) is 82.8 Å². The van der Waals surface area contributed by atoms with Gasteiger partial charge in [0.05, 0.1) is 42.2 Å². The molecule has 1 saturated carbocycles. The van der Waals surface area contributed by atoms with Crippen molar-refractivity contribution in [2.45, 2.75) is 56.9 Å². The predicted molar refractivity (Wildman–Crippen MR) is 179 cm³/mol. The number of nitrogens with one attached hydrogen (secondary N) is 1. The Morgan fingerprint density at radius 1 is 0.979 bits per heavy atom. The zero-order valence-corrected chi connectivity index (χ0v) is 27.2. The maximum Gasteiger partial charge on any atom is 0.416 e. The molecule has 4 aromatic rings. The SMILES string of the molecule is CCOc1cccc2c(C(=O)NC3(c4ccccc4)CC3)c(CN3CCC(N4CCOCC4)CC3)c(-c3cccc(C(F)(F)F)c3)nc12. The number of alkyl halides is 3. The van der Waals surface area contributed by atoms with E-state index in [0.29, 0.717) is 58.2 Å². The Hall–Kier alpha value is -3.99. The van der Waals surface area contributed by atoms with Gasteiger partial charge in [0.1, 0.15) is 11.3 Å². The molecule has 3 heterocycles. The quantitative estimate of drug-likeness (QED) is 0.208. The third-order valence-corrected chi connectivity index (χ3v) is 10.00. The van der Waals surface area contributed by atoms with Crippen LogP contribution >= 0.6 is 0 Å². The van der Waals surface area contributed by atoms with Crippen LogP contribution in [0.5, 0.6) is 5.75 Å². The lowest BCUT2D eigenvalue weighted by atomic mass is 9.93. The highest BCUT2D eigenvalue weighted by molar-refractivity contribution is 6.10. The largest absolute Gasteiger partial charge is 0.492 e. The van der Waals surface area contributed by atoms with Crippen LogP contribution in [0.2, 0.25) is 0 Å². The number of nitrogens with zero attached hydrogens (tertiary/aromatic N) is 3. The molecule has 2 saturated heterocycles. The molecule has 0 bridgehead atoms. The first-order chi connectivity index (χ1) is 23.3. The molecule has 3 fully saturated rings. The molecule has 0 spiro atoms. The van der Waals surface area contributed by atoms with E-state index in [1.807, 2.05) is 49.4 Å². The number of fused-ring (bicyclic) bond motifs is 1. The van der Waals surface area contributed by atoms with Gasteiger partial charge in [-0.15, -0.1) is 0 Å². The summed E-state index contributed by atoms with van der Waals surface area (Å²) in [6.45, 7) is 7.57. The number of aromatic nitrogens is 1. The number of halogens is 3. The average Bonchev–Trinajstić information content (AvgIpc) is 3.89. The summed E-state index contributed by atoms with van der Waals surface area (Å²) in [5, 5.41) is 3.98. The molecule has 0 radical (unpaired) electrons. The lowest BCUT2D eigenvalue weighted by Gasteiger charge is -2.40. The molecule has 3 aliphatic rings. The van der Waals surface area contributed by atoms with Crippen LogP contribution in [-0.4, -0.2) is 72.7 Å². The number of hydrogen-bond donors (Lipinski definition) is 1. The first-order valence-corrected chi connectivity index (χ1v) is 16.9. The Bertz CT molecular complexity index is 1760. The highest BCUT2D eigenvalue weighted by Crippen LogP contribution is 2.46. The minimum Gasteiger partial charge on any atom is -0.492 e. The lowest BCUT2D eigenvalue weighted by Crippen LogP contribution is -2.48. The van der Waals surface area contributed by atoms with E-state index in [4.69, 9.17) is 14.5 Å². The Kier molecular flexibility index (Phi) is 9.15. The van der Waals surface area contributed by atoms with Crippen molar-refractivity contribution in [3.8, 4) is 17.0 Å². The number of amides is 1. The lowest BCUT2D eigenvalue weighted by molar-refractivity contribution is -0.137. The zero-order chi connectivity index (χ0) is 33.3. The number of piperidine rings is 1. The van der Waals surface area contributed by atoms with Crippen molar-refractivity contribution in [1.29, 1.82) is 0 Å². The van der Waals surface area contributed by atoms with Gasteiger partial charge in [-0.25, -0.2) is 4.98 Å². The minimum atomic E-state index is -4.53. The average molecular weight is 659 g/mol. The number of morpholine rings is 1. The summed E-state index contributed by atoms with van der Waals surface area (Å²) in [7, 11) is 0. The van der Waals surface area contributed by atoms with Crippen molar-refractivity contribution < 1.29 is 27.4 Å². The molecular formula is C38H41F3N4O3. The molecule has 10 heteroatoms. The van der Waals surface area contributed by atoms with Crippen LogP contribution < -0.4 is 10.1 Å². The van der Waals surface area contributed by atoms with Crippen LogP contribution in [-0.2, 0) is 23.0 Å². The zero-order valence-electron chi connectivity index (χ0n) is 27.2. The van der Waals surface area contributed by atoms with E-state index in [9.17, 15) is 18.0 Å². The molecular weight excluding hydrogens is 617 g/mol. The van der Waals surface area contributed by atoms with Crippen molar-refractivity contribution in [2.24, 2.45) is 0 Å². The van der Waals surface area contributed by atoms with Gasteiger partial charge in [0.2, 0.25) is 0 Å². The predicted octanol–water partition coefficient (Wildman–Crippen LogP) is 7.04. The first-order valence-electron chi connectivity index (χ1n) is 16.9. The van der Waals surface area contributed by atoms with E-state index in [1.54, 1.807) is 12.1 Å². The molecule has 1 aromatic heterocycles. The summed E-state index contributed by atoms with van der Waals surface area (Å²) in [5.41, 5.74) is 1.99. The van der Waals surface area contributed by atoms with E-state index in [1.165, 1.54) is 6.07 Å². The summed E-state index contributed by atoms with van der Waals surface area (Å²) in [6.07, 6.45) is -0.985. The van der Waals surface area contributed by atoms with Crippen LogP contribution in [0.25, 0.3) is 22.2 Å². The van der Waals surface area contributed by atoms with Crippen LogP contribution in [0.15, 0.2) is 72.8 Å². The van der Waals surface area contributed by atoms with Gasteiger partial charge in [0.25, 0.3) is 5.91 Å². The summed E-state index contributed by atoms with van der Waals surface area (Å²) >= 11 is 0. The second kappa shape index (κ2) is 13.5. The van der Waals surface area contributed by atoms with Crippen LogP contribution in [0.4, 0.5) is 13.2 Å². The minimum absolute atomic E-state index is 0.260. The molecule has 2 aliphatic heterocycles. The third kappa shape index (κ3) is 6.66. The van der Waals surface area contributed by atoms with Crippen LogP contribution in [0.1, 0.15) is 59.7 Å². The summed E-state index contributed by atoms with van der Waals surface area (Å²) < 4.78 is 53.5. The summed E-state index contributed by atoms with van der Waals surface area (Å²) in [5.74, 6) is 0.225. The molecule has 1 amide bonds. The van der Waals surface area contributed by atoms with Crippen molar-refractivity contribution in [2.75, 3.05) is 46.0 Å². The highest BCUT2D eigenvalue weighted by Gasteiger charge is 2.46. The van der Waals surface area contributed by atoms with E-state index >= 15 is 0 Å². The maximum atomic E-state index is 14.7. The fourth-order valence-corrected chi connectivity index (χ4v) is 7.32. The second-order valence-corrected chi connectivity index (χ2v) is 13.0. The van der Waals surface area contributed by atoms with Gasteiger partial charge in [0, 0.05) is 42.2 Å². The molecule has 7 nitrogen and oxygen atoms in total. The molecule has 48 heavy (non-hydrogen) atoms. The standard InChI is InChI=1S/C38H41F3N4O3/c1-2-48-32-13-7-12-30-33(36(46)43-37(16-17-37)27-9-4-3-5-10-27)31(25-44-18-14-29(15-19-44)45-20-22-47-23-21-45)34(42-35(30)32)26-8-6-11-28(24-26)38(39,40)41/h3-13,24,29H,2,14-23,25H2,1H3,(H,43,46). The fourth-order valence-electron chi connectivity index (χ4n) is 7.32.